The Morgan fingerprint density at radius 1 is 1.62 bits per heavy atom. The van der Waals surface area contributed by atoms with E-state index in [-0.39, 0.29) is 0 Å². The number of hydrogen-bond donors (Lipinski definition) is 1. The predicted molar refractivity (Wildman–Crippen MR) is 57.2 cm³/mol. The summed E-state index contributed by atoms with van der Waals surface area (Å²) < 4.78 is 1.94. The van der Waals surface area contributed by atoms with Crippen LogP contribution in [-0.4, -0.2) is 28.6 Å². The maximum absolute atomic E-state index is 4.29. The monoisotopic (exact) mass is 199 g/mol. The lowest BCUT2D eigenvalue weighted by atomic mass is 10.5. The summed E-state index contributed by atoms with van der Waals surface area (Å²) in [6.45, 7) is 6.25. The second kappa shape index (κ2) is 5.29. The fourth-order valence-corrected chi connectivity index (χ4v) is 2.06. The lowest BCUT2D eigenvalue weighted by Crippen LogP contribution is -2.15. The Kier molecular flexibility index (Phi) is 4.32. The first kappa shape index (κ1) is 10.6. The summed E-state index contributed by atoms with van der Waals surface area (Å²) in [5.41, 5.74) is 1.09. The molecule has 0 unspecified atom stereocenters. The van der Waals surface area contributed by atoms with Crippen molar-refractivity contribution in [3.05, 3.63) is 11.8 Å². The van der Waals surface area contributed by atoms with Crippen LogP contribution in [0, 0.1) is 6.92 Å². The van der Waals surface area contributed by atoms with Crippen LogP contribution in [0.2, 0.25) is 0 Å². The van der Waals surface area contributed by atoms with Gasteiger partial charge < -0.3 is 5.32 Å². The molecular weight excluding hydrogens is 182 g/mol. The van der Waals surface area contributed by atoms with Crippen LogP contribution in [0.3, 0.4) is 0 Å². The van der Waals surface area contributed by atoms with E-state index in [1.807, 2.05) is 30.4 Å². The van der Waals surface area contributed by atoms with Crippen LogP contribution in [0.25, 0.3) is 0 Å². The Hall–Kier alpha value is -0.480. The van der Waals surface area contributed by atoms with E-state index in [0.717, 1.165) is 24.5 Å². The molecule has 1 heterocycles. The zero-order chi connectivity index (χ0) is 9.68. The molecule has 0 fully saturated rings. The van der Waals surface area contributed by atoms with E-state index in [1.165, 1.54) is 5.03 Å². The third kappa shape index (κ3) is 3.40. The summed E-state index contributed by atoms with van der Waals surface area (Å²) in [5, 5.41) is 8.83. The highest BCUT2D eigenvalue weighted by molar-refractivity contribution is 7.99. The van der Waals surface area contributed by atoms with Crippen LogP contribution < -0.4 is 5.32 Å². The first-order valence-electron chi connectivity index (χ1n) is 4.58. The molecule has 0 aliphatic rings. The summed E-state index contributed by atoms with van der Waals surface area (Å²) in [5.74, 6) is 1.10. The SMILES string of the molecule is CCNCCSc1cc(C)nn1C. The molecule has 1 N–H and O–H groups in total. The molecule has 0 aliphatic carbocycles. The first-order chi connectivity index (χ1) is 6.24. The minimum atomic E-state index is 1.05. The van der Waals surface area contributed by atoms with E-state index >= 15 is 0 Å². The van der Waals surface area contributed by atoms with Crippen molar-refractivity contribution in [1.29, 1.82) is 0 Å². The van der Waals surface area contributed by atoms with Crippen LogP contribution in [0.4, 0.5) is 0 Å². The highest BCUT2D eigenvalue weighted by Gasteiger charge is 2.00. The average molecular weight is 199 g/mol. The van der Waals surface area contributed by atoms with Gasteiger partial charge in [0.25, 0.3) is 0 Å². The predicted octanol–water partition coefficient (Wildman–Crippen LogP) is 1.43. The molecule has 0 amide bonds. The number of rotatable bonds is 5. The van der Waals surface area contributed by atoms with Gasteiger partial charge >= 0.3 is 0 Å². The quantitative estimate of drug-likeness (QED) is 0.575. The Morgan fingerprint density at radius 2 is 2.38 bits per heavy atom. The van der Waals surface area contributed by atoms with Crippen molar-refractivity contribution in [2.75, 3.05) is 18.8 Å². The molecule has 13 heavy (non-hydrogen) atoms. The Morgan fingerprint density at radius 3 is 2.92 bits per heavy atom. The third-order valence-electron chi connectivity index (χ3n) is 1.74. The Labute approximate surface area is 83.9 Å². The second-order valence-electron chi connectivity index (χ2n) is 2.95. The summed E-state index contributed by atoms with van der Waals surface area (Å²) in [6, 6.07) is 2.12. The number of aromatic nitrogens is 2. The Balaban J connectivity index is 2.32. The molecular formula is C9H17N3S. The molecule has 3 nitrogen and oxygen atoms in total. The van der Waals surface area contributed by atoms with E-state index in [1.54, 1.807) is 0 Å². The minimum Gasteiger partial charge on any atom is -0.316 e. The van der Waals surface area contributed by atoms with Crippen molar-refractivity contribution in [2.45, 2.75) is 18.9 Å². The van der Waals surface area contributed by atoms with Crippen molar-refractivity contribution >= 4 is 11.8 Å². The summed E-state index contributed by atoms with van der Waals surface area (Å²) in [7, 11) is 1.99. The van der Waals surface area contributed by atoms with E-state index in [9.17, 15) is 0 Å². The van der Waals surface area contributed by atoms with Gasteiger partial charge in [-0.3, -0.25) is 4.68 Å². The van der Waals surface area contributed by atoms with E-state index in [2.05, 4.69) is 23.4 Å². The van der Waals surface area contributed by atoms with E-state index in [0.29, 0.717) is 0 Å². The molecule has 0 aromatic carbocycles. The number of hydrogen-bond acceptors (Lipinski definition) is 3. The van der Waals surface area contributed by atoms with Gasteiger partial charge in [-0.05, 0) is 19.5 Å². The van der Waals surface area contributed by atoms with Gasteiger partial charge in [0.05, 0.1) is 10.7 Å². The number of thioether (sulfide) groups is 1. The zero-order valence-electron chi connectivity index (χ0n) is 8.50. The summed E-state index contributed by atoms with van der Waals surface area (Å²) in [6.07, 6.45) is 0. The van der Waals surface area contributed by atoms with Gasteiger partial charge in [0, 0.05) is 19.3 Å². The molecule has 74 valence electrons. The van der Waals surface area contributed by atoms with E-state index < -0.39 is 0 Å². The van der Waals surface area contributed by atoms with Gasteiger partial charge in [-0.25, -0.2) is 0 Å². The fourth-order valence-electron chi connectivity index (χ4n) is 1.13. The van der Waals surface area contributed by atoms with Crippen LogP contribution in [0.15, 0.2) is 11.1 Å². The van der Waals surface area contributed by atoms with Crippen molar-refractivity contribution in [1.82, 2.24) is 15.1 Å². The lowest BCUT2D eigenvalue weighted by Gasteiger charge is -2.01. The standard InChI is InChI=1S/C9H17N3S/c1-4-10-5-6-13-9-7-8(2)11-12(9)3/h7,10H,4-6H2,1-3H3. The van der Waals surface area contributed by atoms with Crippen molar-refractivity contribution in [3.8, 4) is 0 Å². The average Bonchev–Trinajstić information content (AvgIpc) is 2.39. The molecule has 0 spiro atoms. The largest absolute Gasteiger partial charge is 0.316 e. The molecule has 1 rings (SSSR count). The topological polar surface area (TPSA) is 29.9 Å². The van der Waals surface area contributed by atoms with E-state index in [4.69, 9.17) is 0 Å². The molecule has 0 aliphatic heterocycles. The number of nitrogens with one attached hydrogen (secondary N) is 1. The van der Waals surface area contributed by atoms with Gasteiger partial charge in [-0.1, -0.05) is 6.92 Å². The van der Waals surface area contributed by atoms with Gasteiger partial charge in [-0.15, -0.1) is 11.8 Å². The molecule has 0 atom stereocenters. The first-order valence-corrected chi connectivity index (χ1v) is 5.56. The Bertz CT molecular complexity index is 257. The van der Waals surface area contributed by atoms with Crippen LogP contribution in [0.5, 0.6) is 0 Å². The van der Waals surface area contributed by atoms with Gasteiger partial charge in [0.1, 0.15) is 0 Å². The van der Waals surface area contributed by atoms with Crippen LogP contribution in [0.1, 0.15) is 12.6 Å². The zero-order valence-corrected chi connectivity index (χ0v) is 9.32. The molecule has 0 bridgehead atoms. The highest BCUT2D eigenvalue weighted by Crippen LogP contribution is 2.16. The van der Waals surface area contributed by atoms with Gasteiger partial charge in [0.15, 0.2) is 0 Å². The smallest absolute Gasteiger partial charge is 0.0939 e. The van der Waals surface area contributed by atoms with Gasteiger partial charge in [-0.2, -0.15) is 5.10 Å². The normalized spacial score (nSPS) is 10.7. The molecule has 0 radical (unpaired) electrons. The van der Waals surface area contributed by atoms with Crippen molar-refractivity contribution in [3.63, 3.8) is 0 Å². The molecule has 1 aromatic rings. The lowest BCUT2D eigenvalue weighted by molar-refractivity contribution is 0.691. The van der Waals surface area contributed by atoms with Crippen LogP contribution >= 0.6 is 11.8 Å². The summed E-state index contributed by atoms with van der Waals surface area (Å²) >= 11 is 1.85. The van der Waals surface area contributed by atoms with Crippen molar-refractivity contribution < 1.29 is 0 Å². The van der Waals surface area contributed by atoms with Crippen LogP contribution in [-0.2, 0) is 7.05 Å². The fraction of sp³-hybridized carbons (Fsp3) is 0.667. The minimum absolute atomic E-state index is 1.05. The number of aryl methyl sites for hydroxylation is 2. The second-order valence-corrected chi connectivity index (χ2v) is 4.06. The molecule has 1 aromatic heterocycles. The molecule has 4 heteroatoms. The molecule has 0 saturated heterocycles. The van der Waals surface area contributed by atoms with Crippen molar-refractivity contribution in [2.24, 2.45) is 7.05 Å². The summed E-state index contributed by atoms with van der Waals surface area (Å²) in [4.78, 5) is 0. The highest BCUT2D eigenvalue weighted by atomic mass is 32.2. The molecule has 0 saturated carbocycles. The third-order valence-corrected chi connectivity index (χ3v) is 2.82. The van der Waals surface area contributed by atoms with Gasteiger partial charge in [0.2, 0.25) is 0 Å². The maximum atomic E-state index is 4.29. The number of nitrogens with zero attached hydrogens (tertiary/aromatic N) is 2. The maximum Gasteiger partial charge on any atom is 0.0939 e.